The Bertz CT molecular complexity index is 395. The first kappa shape index (κ1) is 12.1. The number of aromatic nitrogens is 1. The summed E-state index contributed by atoms with van der Waals surface area (Å²) in [7, 11) is 0. The number of hydrogen-bond acceptors (Lipinski definition) is 2. The number of nitrogens with one attached hydrogen (secondary N) is 1. The highest BCUT2D eigenvalue weighted by Crippen LogP contribution is 2.29. The topological polar surface area (TPSA) is 24.9 Å². The average molecular weight is 326 g/mol. The van der Waals surface area contributed by atoms with Crippen molar-refractivity contribution in [2.24, 2.45) is 0 Å². The Morgan fingerprint density at radius 1 is 1.47 bits per heavy atom. The highest BCUT2D eigenvalue weighted by atomic mass is 127. The summed E-state index contributed by atoms with van der Waals surface area (Å²) >= 11 is 1.72. The van der Waals surface area contributed by atoms with E-state index in [0.29, 0.717) is 5.69 Å². The standard InChI is InChI=1S/C9H6F3IN2/c1-2-3-14-6-4-7(9(10,11)12)15-8(13)5-6/h1,4-5H,3H2,(H,14,15). The van der Waals surface area contributed by atoms with Crippen LogP contribution in [0.25, 0.3) is 0 Å². The van der Waals surface area contributed by atoms with Crippen molar-refractivity contribution >= 4 is 28.3 Å². The van der Waals surface area contributed by atoms with Gasteiger partial charge in [-0.05, 0) is 34.7 Å². The Kier molecular flexibility index (Phi) is 3.79. The van der Waals surface area contributed by atoms with Gasteiger partial charge in [-0.3, -0.25) is 0 Å². The van der Waals surface area contributed by atoms with Crippen LogP contribution in [0.1, 0.15) is 5.69 Å². The van der Waals surface area contributed by atoms with E-state index in [-0.39, 0.29) is 10.2 Å². The van der Waals surface area contributed by atoms with Crippen LogP contribution in [0.2, 0.25) is 0 Å². The Balaban J connectivity index is 3.01. The Morgan fingerprint density at radius 2 is 2.13 bits per heavy atom. The molecule has 0 atom stereocenters. The molecule has 0 spiro atoms. The van der Waals surface area contributed by atoms with E-state index in [4.69, 9.17) is 6.42 Å². The SMILES string of the molecule is C#CCNc1cc(I)nc(C(F)(F)F)c1. The Hall–Kier alpha value is -0.970. The second kappa shape index (κ2) is 4.70. The van der Waals surface area contributed by atoms with Gasteiger partial charge in [0.15, 0.2) is 0 Å². The second-order valence-corrected chi connectivity index (χ2v) is 3.72. The third-order valence-electron chi connectivity index (χ3n) is 1.48. The quantitative estimate of drug-likeness (QED) is 0.514. The molecular weight excluding hydrogens is 320 g/mol. The lowest BCUT2D eigenvalue weighted by Gasteiger charge is -2.09. The summed E-state index contributed by atoms with van der Waals surface area (Å²) in [6, 6.07) is 2.42. The van der Waals surface area contributed by atoms with Gasteiger partial charge in [0.2, 0.25) is 0 Å². The van der Waals surface area contributed by atoms with E-state index in [2.05, 4.69) is 16.2 Å². The fourth-order valence-electron chi connectivity index (χ4n) is 0.897. The monoisotopic (exact) mass is 326 g/mol. The smallest absolute Gasteiger partial charge is 0.374 e. The van der Waals surface area contributed by atoms with E-state index < -0.39 is 11.9 Å². The third-order valence-corrected chi connectivity index (χ3v) is 2.03. The van der Waals surface area contributed by atoms with Crippen molar-refractivity contribution in [1.29, 1.82) is 0 Å². The van der Waals surface area contributed by atoms with Crippen LogP contribution in [0.15, 0.2) is 12.1 Å². The lowest BCUT2D eigenvalue weighted by atomic mass is 10.3. The first-order valence-corrected chi connectivity index (χ1v) is 4.93. The van der Waals surface area contributed by atoms with E-state index in [1.807, 2.05) is 0 Å². The fraction of sp³-hybridized carbons (Fsp3) is 0.222. The minimum atomic E-state index is -4.44. The van der Waals surface area contributed by atoms with Gasteiger partial charge in [-0.25, -0.2) is 4.98 Å². The molecule has 1 rings (SSSR count). The zero-order chi connectivity index (χ0) is 11.5. The van der Waals surface area contributed by atoms with Crippen molar-refractivity contribution in [3.8, 4) is 12.3 Å². The summed E-state index contributed by atoms with van der Waals surface area (Å²) in [5.41, 5.74) is -0.603. The number of nitrogens with zero attached hydrogens (tertiary/aromatic N) is 1. The molecule has 0 aliphatic rings. The third kappa shape index (κ3) is 3.58. The molecule has 0 radical (unpaired) electrons. The number of terminal acetylenes is 1. The average Bonchev–Trinajstić information content (AvgIpc) is 2.12. The molecule has 0 saturated carbocycles. The van der Waals surface area contributed by atoms with E-state index in [1.54, 1.807) is 22.6 Å². The number of pyridine rings is 1. The van der Waals surface area contributed by atoms with Gasteiger partial charge in [-0.15, -0.1) is 6.42 Å². The molecule has 0 amide bonds. The molecule has 0 fully saturated rings. The Labute approximate surface area is 98.4 Å². The van der Waals surface area contributed by atoms with Gasteiger partial charge in [0, 0.05) is 5.69 Å². The molecule has 0 aliphatic heterocycles. The number of hydrogen-bond donors (Lipinski definition) is 1. The van der Waals surface area contributed by atoms with Gasteiger partial charge in [0.05, 0.1) is 6.54 Å². The zero-order valence-corrected chi connectivity index (χ0v) is 9.56. The van der Waals surface area contributed by atoms with E-state index in [0.717, 1.165) is 6.07 Å². The normalized spacial score (nSPS) is 10.9. The van der Waals surface area contributed by atoms with E-state index in [9.17, 15) is 13.2 Å². The van der Waals surface area contributed by atoms with Crippen LogP contribution in [0.4, 0.5) is 18.9 Å². The number of anilines is 1. The molecule has 80 valence electrons. The van der Waals surface area contributed by atoms with Crippen LogP contribution in [0.5, 0.6) is 0 Å². The maximum absolute atomic E-state index is 12.3. The molecule has 2 nitrogen and oxygen atoms in total. The van der Waals surface area contributed by atoms with Crippen molar-refractivity contribution < 1.29 is 13.2 Å². The molecule has 6 heteroatoms. The summed E-state index contributed by atoms with van der Waals surface area (Å²) in [5.74, 6) is 2.28. The van der Waals surface area contributed by atoms with Crippen LogP contribution >= 0.6 is 22.6 Å². The minimum Gasteiger partial charge on any atom is -0.374 e. The predicted molar refractivity (Wildman–Crippen MR) is 59.3 cm³/mol. The molecule has 0 saturated heterocycles. The van der Waals surface area contributed by atoms with E-state index in [1.165, 1.54) is 6.07 Å². The zero-order valence-electron chi connectivity index (χ0n) is 7.40. The van der Waals surface area contributed by atoms with Crippen molar-refractivity contribution in [2.45, 2.75) is 6.18 Å². The van der Waals surface area contributed by atoms with Crippen molar-refractivity contribution in [2.75, 3.05) is 11.9 Å². The lowest BCUT2D eigenvalue weighted by molar-refractivity contribution is -0.141. The molecular formula is C9H6F3IN2. The number of rotatable bonds is 2. The van der Waals surface area contributed by atoms with Crippen molar-refractivity contribution in [3.63, 3.8) is 0 Å². The molecule has 0 aliphatic carbocycles. The fourth-order valence-corrected chi connectivity index (χ4v) is 1.49. The van der Waals surface area contributed by atoms with Crippen LogP contribution in [-0.2, 0) is 6.18 Å². The Morgan fingerprint density at radius 3 is 2.67 bits per heavy atom. The predicted octanol–water partition coefficient (Wildman–Crippen LogP) is 2.75. The number of alkyl halides is 3. The van der Waals surface area contributed by atoms with Crippen LogP contribution in [0, 0.1) is 16.0 Å². The summed E-state index contributed by atoms with van der Waals surface area (Å²) in [6.07, 6.45) is 0.549. The van der Waals surface area contributed by atoms with E-state index >= 15 is 0 Å². The van der Waals surface area contributed by atoms with Gasteiger partial charge >= 0.3 is 6.18 Å². The summed E-state index contributed by atoms with van der Waals surface area (Å²) in [6.45, 7) is 0.178. The van der Waals surface area contributed by atoms with Crippen LogP contribution in [0.3, 0.4) is 0 Å². The molecule has 1 N–H and O–H groups in total. The second-order valence-electron chi connectivity index (χ2n) is 2.62. The molecule has 1 heterocycles. The largest absolute Gasteiger partial charge is 0.433 e. The maximum Gasteiger partial charge on any atom is 0.433 e. The summed E-state index contributed by atoms with van der Waals surface area (Å²) in [5, 5.41) is 2.67. The molecule has 0 unspecified atom stereocenters. The number of halogens is 4. The highest BCUT2D eigenvalue weighted by Gasteiger charge is 2.33. The summed E-state index contributed by atoms with van der Waals surface area (Å²) < 4.78 is 37.3. The molecule has 15 heavy (non-hydrogen) atoms. The first-order chi connectivity index (χ1) is 6.93. The minimum absolute atomic E-state index is 0.178. The molecule has 0 bridgehead atoms. The highest BCUT2D eigenvalue weighted by molar-refractivity contribution is 14.1. The van der Waals surface area contributed by atoms with Gasteiger partial charge in [-0.2, -0.15) is 13.2 Å². The van der Waals surface area contributed by atoms with Crippen LogP contribution < -0.4 is 5.32 Å². The van der Waals surface area contributed by atoms with Gasteiger partial charge in [0.1, 0.15) is 9.39 Å². The maximum atomic E-state index is 12.3. The molecule has 0 aromatic carbocycles. The summed E-state index contributed by atoms with van der Waals surface area (Å²) in [4.78, 5) is 3.38. The van der Waals surface area contributed by atoms with Gasteiger partial charge in [0.25, 0.3) is 0 Å². The van der Waals surface area contributed by atoms with Gasteiger partial charge < -0.3 is 5.32 Å². The van der Waals surface area contributed by atoms with Gasteiger partial charge in [-0.1, -0.05) is 5.92 Å². The lowest BCUT2D eigenvalue weighted by Crippen LogP contribution is -2.10. The van der Waals surface area contributed by atoms with Crippen molar-refractivity contribution in [3.05, 3.63) is 21.5 Å². The molecule has 1 aromatic heterocycles. The van der Waals surface area contributed by atoms with Crippen LogP contribution in [-0.4, -0.2) is 11.5 Å². The van der Waals surface area contributed by atoms with Crippen molar-refractivity contribution in [1.82, 2.24) is 4.98 Å². The molecule has 1 aromatic rings. The first-order valence-electron chi connectivity index (χ1n) is 3.85.